The van der Waals surface area contributed by atoms with E-state index in [2.05, 4.69) is 5.32 Å². The number of primary amides is 1. The first kappa shape index (κ1) is 16.0. The van der Waals surface area contributed by atoms with Crippen LogP contribution in [0.2, 0.25) is 5.02 Å². The number of benzene rings is 1. The first-order valence-electron chi connectivity index (χ1n) is 6.70. The monoisotopic (exact) mass is 327 g/mol. The summed E-state index contributed by atoms with van der Waals surface area (Å²) in [6.45, 7) is 1.00. The number of hydrogen-bond acceptors (Lipinski definition) is 3. The van der Waals surface area contributed by atoms with Crippen LogP contribution in [0.4, 0.5) is 10.5 Å². The van der Waals surface area contributed by atoms with Crippen LogP contribution in [-0.4, -0.2) is 36.2 Å². The van der Waals surface area contributed by atoms with Gasteiger partial charge in [0.05, 0.1) is 10.9 Å². The number of halogens is 1. The van der Waals surface area contributed by atoms with Gasteiger partial charge in [0.2, 0.25) is 5.91 Å². The second-order valence-corrected chi connectivity index (χ2v) is 6.22. The highest BCUT2D eigenvalue weighted by Gasteiger charge is 2.26. The average Bonchev–Trinajstić information content (AvgIpc) is 2.47. The number of piperidine rings is 1. The molecule has 3 N–H and O–H groups in total. The van der Waals surface area contributed by atoms with Crippen LogP contribution in [0.1, 0.15) is 12.8 Å². The number of nitrogens with two attached hydrogens (primary N) is 1. The Bertz CT molecular complexity index is 553. The van der Waals surface area contributed by atoms with Gasteiger partial charge < -0.3 is 16.0 Å². The van der Waals surface area contributed by atoms with Gasteiger partial charge in [-0.05, 0) is 37.3 Å². The molecular weight excluding hydrogens is 310 g/mol. The highest BCUT2D eigenvalue weighted by Crippen LogP contribution is 2.28. The predicted octanol–water partition coefficient (Wildman–Crippen LogP) is 2.79. The molecule has 1 aromatic carbocycles. The van der Waals surface area contributed by atoms with Crippen molar-refractivity contribution in [2.24, 2.45) is 11.7 Å². The second-order valence-electron chi connectivity index (χ2n) is 4.97. The molecule has 1 saturated heterocycles. The minimum absolute atomic E-state index is 0.228. The lowest BCUT2D eigenvalue weighted by Crippen LogP contribution is -2.45. The number of amides is 3. The van der Waals surface area contributed by atoms with Gasteiger partial charge >= 0.3 is 6.03 Å². The average molecular weight is 328 g/mol. The Balaban J connectivity index is 2.00. The summed E-state index contributed by atoms with van der Waals surface area (Å²) < 4.78 is 0. The maximum atomic E-state index is 12.2. The molecule has 114 valence electrons. The molecule has 1 aromatic rings. The fourth-order valence-electron chi connectivity index (χ4n) is 2.34. The maximum Gasteiger partial charge on any atom is 0.321 e. The number of nitrogens with one attached hydrogen (secondary N) is 1. The van der Waals surface area contributed by atoms with Crippen LogP contribution in [0, 0.1) is 5.92 Å². The molecule has 0 spiro atoms. The van der Waals surface area contributed by atoms with E-state index in [1.165, 1.54) is 0 Å². The fourth-order valence-corrected chi connectivity index (χ4v) is 3.21. The molecule has 1 atom stereocenters. The van der Waals surface area contributed by atoms with Gasteiger partial charge in [-0.3, -0.25) is 4.79 Å². The minimum atomic E-state index is -0.347. The lowest BCUT2D eigenvalue weighted by Gasteiger charge is -2.31. The van der Waals surface area contributed by atoms with E-state index in [1.807, 2.05) is 18.4 Å². The number of urea groups is 1. The van der Waals surface area contributed by atoms with Gasteiger partial charge in [-0.1, -0.05) is 11.6 Å². The van der Waals surface area contributed by atoms with E-state index in [9.17, 15) is 9.59 Å². The van der Waals surface area contributed by atoms with Crippen molar-refractivity contribution in [3.05, 3.63) is 23.2 Å². The number of rotatable bonds is 3. The normalized spacial score (nSPS) is 18.4. The first-order chi connectivity index (χ1) is 10.0. The molecule has 0 bridgehead atoms. The van der Waals surface area contributed by atoms with E-state index >= 15 is 0 Å². The van der Waals surface area contributed by atoms with Gasteiger partial charge in [0, 0.05) is 23.7 Å². The van der Waals surface area contributed by atoms with Gasteiger partial charge in [-0.25, -0.2) is 4.79 Å². The van der Waals surface area contributed by atoms with Gasteiger partial charge in [-0.15, -0.1) is 11.8 Å². The van der Waals surface area contributed by atoms with Crippen molar-refractivity contribution < 1.29 is 9.59 Å². The van der Waals surface area contributed by atoms with Crippen LogP contribution in [0.15, 0.2) is 23.1 Å². The van der Waals surface area contributed by atoms with Crippen molar-refractivity contribution in [3.8, 4) is 0 Å². The van der Waals surface area contributed by atoms with Crippen molar-refractivity contribution in [2.75, 3.05) is 24.7 Å². The Labute approximate surface area is 133 Å². The standard InChI is InChI=1S/C14H18ClN3O2S/c1-21-12-5-4-10(7-11(12)15)17-14(20)18-6-2-3-9(8-18)13(16)19/h4-5,7,9H,2-3,6,8H2,1H3,(H2,16,19)(H,17,20)/t9-/m1/s1. The molecule has 0 saturated carbocycles. The molecule has 5 nitrogen and oxygen atoms in total. The zero-order chi connectivity index (χ0) is 15.4. The van der Waals surface area contributed by atoms with Crippen molar-refractivity contribution in [2.45, 2.75) is 17.7 Å². The van der Waals surface area contributed by atoms with Crippen molar-refractivity contribution in [1.82, 2.24) is 4.90 Å². The Morgan fingerprint density at radius 2 is 2.24 bits per heavy atom. The van der Waals surface area contributed by atoms with E-state index < -0.39 is 0 Å². The number of likely N-dealkylation sites (tertiary alicyclic amines) is 1. The second kappa shape index (κ2) is 7.04. The number of thioether (sulfide) groups is 1. The van der Waals surface area contributed by atoms with Gasteiger partial charge in [0.25, 0.3) is 0 Å². The molecule has 1 fully saturated rings. The first-order valence-corrected chi connectivity index (χ1v) is 8.30. The molecule has 7 heteroatoms. The summed E-state index contributed by atoms with van der Waals surface area (Å²) in [6.07, 6.45) is 3.47. The number of nitrogens with zero attached hydrogens (tertiary/aromatic N) is 1. The highest BCUT2D eigenvalue weighted by atomic mass is 35.5. The van der Waals surface area contributed by atoms with Gasteiger partial charge in [0.15, 0.2) is 0 Å². The van der Waals surface area contributed by atoms with Crippen LogP contribution >= 0.6 is 23.4 Å². The van der Waals surface area contributed by atoms with Crippen molar-refractivity contribution in [3.63, 3.8) is 0 Å². The third-order valence-electron chi connectivity index (χ3n) is 3.51. The Morgan fingerprint density at radius 3 is 2.86 bits per heavy atom. The lowest BCUT2D eigenvalue weighted by molar-refractivity contribution is -0.123. The van der Waals surface area contributed by atoms with E-state index in [0.29, 0.717) is 23.8 Å². The maximum absolute atomic E-state index is 12.2. The number of carbonyl (C=O) groups excluding carboxylic acids is 2. The van der Waals surface area contributed by atoms with Crippen molar-refractivity contribution >= 4 is 41.0 Å². The van der Waals surface area contributed by atoms with E-state index in [4.69, 9.17) is 17.3 Å². The summed E-state index contributed by atoms with van der Waals surface area (Å²) in [4.78, 5) is 26.0. The van der Waals surface area contributed by atoms with Crippen LogP contribution < -0.4 is 11.1 Å². The highest BCUT2D eigenvalue weighted by molar-refractivity contribution is 7.98. The smallest absolute Gasteiger partial charge is 0.321 e. The van der Waals surface area contributed by atoms with Crippen LogP contribution in [0.25, 0.3) is 0 Å². The van der Waals surface area contributed by atoms with Gasteiger partial charge in [-0.2, -0.15) is 0 Å². The molecule has 2 rings (SSSR count). The molecule has 0 aliphatic carbocycles. The Kier molecular flexibility index (Phi) is 5.36. The molecule has 3 amide bonds. The summed E-state index contributed by atoms with van der Waals surface area (Å²) in [6, 6.07) is 5.17. The fraction of sp³-hybridized carbons (Fsp3) is 0.429. The molecule has 0 aromatic heterocycles. The number of hydrogen-bond donors (Lipinski definition) is 2. The molecule has 1 heterocycles. The number of anilines is 1. The molecular formula is C14H18ClN3O2S. The molecule has 0 unspecified atom stereocenters. The number of carbonyl (C=O) groups is 2. The lowest BCUT2D eigenvalue weighted by atomic mass is 9.98. The summed E-state index contributed by atoms with van der Waals surface area (Å²) in [5, 5.41) is 3.41. The predicted molar refractivity (Wildman–Crippen MR) is 85.7 cm³/mol. The zero-order valence-electron chi connectivity index (χ0n) is 11.8. The third-order valence-corrected chi connectivity index (χ3v) is 4.73. The molecule has 0 radical (unpaired) electrons. The van der Waals surface area contributed by atoms with E-state index in [0.717, 1.165) is 17.7 Å². The van der Waals surface area contributed by atoms with E-state index in [1.54, 1.807) is 22.7 Å². The largest absolute Gasteiger partial charge is 0.369 e. The Morgan fingerprint density at radius 1 is 1.48 bits per heavy atom. The van der Waals surface area contributed by atoms with Crippen LogP contribution in [0.3, 0.4) is 0 Å². The summed E-state index contributed by atoms with van der Waals surface area (Å²) in [5.41, 5.74) is 5.96. The minimum Gasteiger partial charge on any atom is -0.369 e. The summed E-state index contributed by atoms with van der Waals surface area (Å²) in [5.74, 6) is -0.605. The topological polar surface area (TPSA) is 75.4 Å². The van der Waals surface area contributed by atoms with Gasteiger partial charge in [0.1, 0.15) is 0 Å². The molecule has 21 heavy (non-hydrogen) atoms. The molecule has 1 aliphatic heterocycles. The quantitative estimate of drug-likeness (QED) is 0.838. The van der Waals surface area contributed by atoms with Crippen LogP contribution in [-0.2, 0) is 4.79 Å². The Hall–Kier alpha value is -1.40. The zero-order valence-corrected chi connectivity index (χ0v) is 13.3. The summed E-state index contributed by atoms with van der Waals surface area (Å²) >= 11 is 7.66. The van der Waals surface area contributed by atoms with Crippen LogP contribution in [0.5, 0.6) is 0 Å². The van der Waals surface area contributed by atoms with E-state index in [-0.39, 0.29) is 17.9 Å². The SMILES string of the molecule is CSc1ccc(NC(=O)N2CCC[C@@H](C(N)=O)C2)cc1Cl. The summed E-state index contributed by atoms with van der Waals surface area (Å²) in [7, 11) is 0. The van der Waals surface area contributed by atoms with Crippen molar-refractivity contribution in [1.29, 1.82) is 0 Å². The third kappa shape index (κ3) is 4.04. The molecule has 1 aliphatic rings.